The van der Waals surface area contributed by atoms with Crippen LogP contribution in [0.5, 0.6) is 0 Å². The first-order chi connectivity index (χ1) is 6.08. The largest absolute Gasteiger partial charge is 0.300 e. The molecule has 0 fully saturated rings. The first-order valence-corrected chi connectivity index (χ1v) is 4.20. The molecule has 0 aromatic heterocycles. The van der Waals surface area contributed by atoms with Crippen LogP contribution in [0.3, 0.4) is 0 Å². The molecule has 2 nitrogen and oxygen atoms in total. The van der Waals surface area contributed by atoms with Crippen molar-refractivity contribution >= 4 is 6.29 Å². The van der Waals surface area contributed by atoms with Crippen molar-refractivity contribution in [2.24, 2.45) is 0 Å². The van der Waals surface area contributed by atoms with E-state index in [1.54, 1.807) is 13.8 Å². The smallest absolute Gasteiger partial charge is 0.190 e. The molecular weight excluding hydrogens is 183 g/mol. The van der Waals surface area contributed by atoms with E-state index in [0.717, 1.165) is 4.90 Å². The molecule has 0 N–H and O–H groups in total. The van der Waals surface area contributed by atoms with Gasteiger partial charge in [0.1, 0.15) is 0 Å². The average Bonchev–Trinajstić information content (AvgIpc) is 2.17. The van der Waals surface area contributed by atoms with Gasteiger partial charge in [-0.25, -0.2) is 13.2 Å². The lowest BCUT2D eigenvalue weighted by Crippen LogP contribution is -2.42. The van der Waals surface area contributed by atoms with Crippen LogP contribution < -0.4 is 0 Å². The summed E-state index contributed by atoms with van der Waals surface area (Å²) in [4.78, 5) is 11.0. The van der Waals surface area contributed by atoms with E-state index in [-0.39, 0.29) is 19.4 Å². The van der Waals surface area contributed by atoms with Crippen LogP contribution in [0.1, 0.15) is 13.8 Å². The van der Waals surface area contributed by atoms with E-state index in [9.17, 15) is 18.0 Å². The highest BCUT2D eigenvalue weighted by Gasteiger charge is 2.32. The average molecular weight is 197 g/mol. The van der Waals surface area contributed by atoms with Gasteiger partial charge in [-0.05, 0) is 13.1 Å². The standard InChI is InChI=1S/C8H14F3NO/c1-3-12(4-2)8(11)7(10)6(9)5-13/h5-8H,3-4H2,1-2H3. The van der Waals surface area contributed by atoms with E-state index in [1.165, 1.54) is 0 Å². The van der Waals surface area contributed by atoms with Crippen LogP contribution in [0, 0.1) is 0 Å². The zero-order valence-electron chi connectivity index (χ0n) is 7.71. The molecule has 0 heterocycles. The number of carbonyl (C=O) groups excluding carboxylic acids is 1. The minimum Gasteiger partial charge on any atom is -0.300 e. The quantitative estimate of drug-likeness (QED) is 0.475. The fourth-order valence-electron chi connectivity index (χ4n) is 1.00. The van der Waals surface area contributed by atoms with Crippen molar-refractivity contribution in [3.05, 3.63) is 0 Å². The van der Waals surface area contributed by atoms with Crippen molar-refractivity contribution < 1.29 is 18.0 Å². The Kier molecular flexibility index (Phi) is 5.70. The maximum atomic E-state index is 13.1. The normalized spacial score (nSPS) is 18.3. The van der Waals surface area contributed by atoms with Gasteiger partial charge in [0.15, 0.2) is 24.9 Å². The van der Waals surface area contributed by atoms with E-state index in [2.05, 4.69) is 0 Å². The monoisotopic (exact) mass is 197 g/mol. The molecule has 0 aromatic carbocycles. The molecule has 13 heavy (non-hydrogen) atoms. The lowest BCUT2D eigenvalue weighted by molar-refractivity contribution is -0.117. The van der Waals surface area contributed by atoms with Gasteiger partial charge in [-0.2, -0.15) is 0 Å². The molecule has 3 atom stereocenters. The van der Waals surface area contributed by atoms with E-state index < -0.39 is 18.6 Å². The summed E-state index contributed by atoms with van der Waals surface area (Å²) in [5.41, 5.74) is 0. The highest BCUT2D eigenvalue weighted by Crippen LogP contribution is 2.14. The topological polar surface area (TPSA) is 20.3 Å². The summed E-state index contributed by atoms with van der Waals surface area (Å²) in [5, 5.41) is 0. The van der Waals surface area contributed by atoms with Crippen LogP contribution in [0.15, 0.2) is 0 Å². The second kappa shape index (κ2) is 5.96. The Morgan fingerprint density at radius 2 is 1.69 bits per heavy atom. The van der Waals surface area contributed by atoms with Crippen molar-refractivity contribution in [3.8, 4) is 0 Å². The zero-order valence-corrected chi connectivity index (χ0v) is 7.71. The molecular formula is C8H14F3NO. The van der Waals surface area contributed by atoms with Gasteiger partial charge in [-0.3, -0.25) is 9.69 Å². The number of alkyl halides is 3. The van der Waals surface area contributed by atoms with Gasteiger partial charge in [0, 0.05) is 0 Å². The van der Waals surface area contributed by atoms with Gasteiger partial charge in [0.25, 0.3) is 0 Å². The Labute approximate surface area is 75.7 Å². The number of rotatable bonds is 6. The van der Waals surface area contributed by atoms with E-state index >= 15 is 0 Å². The summed E-state index contributed by atoms with van der Waals surface area (Å²) in [6, 6.07) is 0. The van der Waals surface area contributed by atoms with Crippen LogP contribution in [0.2, 0.25) is 0 Å². The Hall–Kier alpha value is -0.580. The summed E-state index contributed by atoms with van der Waals surface area (Å²) in [6.07, 6.45) is -7.04. The molecule has 0 amide bonds. The van der Waals surface area contributed by atoms with Gasteiger partial charge in [0.05, 0.1) is 0 Å². The number of carbonyl (C=O) groups is 1. The number of nitrogens with zero attached hydrogens (tertiary/aromatic N) is 1. The van der Waals surface area contributed by atoms with Gasteiger partial charge in [-0.15, -0.1) is 0 Å². The summed E-state index contributed by atoms with van der Waals surface area (Å²) < 4.78 is 38.2. The van der Waals surface area contributed by atoms with Crippen molar-refractivity contribution in [3.63, 3.8) is 0 Å². The third kappa shape index (κ3) is 3.34. The third-order valence-electron chi connectivity index (χ3n) is 1.86. The van der Waals surface area contributed by atoms with Gasteiger partial charge >= 0.3 is 0 Å². The maximum Gasteiger partial charge on any atom is 0.190 e. The molecule has 0 spiro atoms. The van der Waals surface area contributed by atoms with Crippen molar-refractivity contribution in [2.75, 3.05) is 13.1 Å². The summed E-state index contributed by atoms with van der Waals surface area (Å²) in [6.45, 7) is 3.83. The zero-order chi connectivity index (χ0) is 10.4. The number of aldehydes is 1. The number of halogens is 3. The molecule has 78 valence electrons. The molecule has 0 radical (unpaired) electrons. The molecule has 0 saturated heterocycles. The maximum absolute atomic E-state index is 13.1. The first kappa shape index (κ1) is 12.4. The second-order valence-electron chi connectivity index (χ2n) is 2.62. The third-order valence-corrected chi connectivity index (χ3v) is 1.86. The molecule has 0 aliphatic carbocycles. The molecule has 3 unspecified atom stereocenters. The Bertz CT molecular complexity index is 152. The van der Waals surface area contributed by atoms with Gasteiger partial charge < -0.3 is 0 Å². The van der Waals surface area contributed by atoms with Crippen LogP contribution in [-0.4, -0.2) is 42.9 Å². The number of hydrogen-bond donors (Lipinski definition) is 0. The molecule has 0 aliphatic heterocycles. The second-order valence-corrected chi connectivity index (χ2v) is 2.62. The van der Waals surface area contributed by atoms with Gasteiger partial charge in [0.2, 0.25) is 0 Å². The lowest BCUT2D eigenvalue weighted by Gasteiger charge is -2.25. The molecule has 0 rings (SSSR count). The van der Waals surface area contributed by atoms with E-state index in [1.807, 2.05) is 0 Å². The van der Waals surface area contributed by atoms with Crippen molar-refractivity contribution in [2.45, 2.75) is 32.5 Å². The summed E-state index contributed by atoms with van der Waals surface area (Å²) in [7, 11) is 0. The summed E-state index contributed by atoms with van der Waals surface area (Å²) >= 11 is 0. The predicted molar refractivity (Wildman–Crippen MR) is 43.7 cm³/mol. The highest BCUT2D eigenvalue weighted by atomic mass is 19.2. The number of hydrogen-bond acceptors (Lipinski definition) is 2. The van der Waals surface area contributed by atoms with Crippen LogP contribution in [-0.2, 0) is 4.79 Å². The minimum absolute atomic E-state index is 0.221. The lowest BCUT2D eigenvalue weighted by atomic mass is 10.2. The SMILES string of the molecule is CCN(CC)C(F)C(F)C(F)C=O. The Morgan fingerprint density at radius 1 is 1.23 bits per heavy atom. The minimum atomic E-state index is -2.39. The first-order valence-electron chi connectivity index (χ1n) is 4.20. The van der Waals surface area contributed by atoms with Crippen molar-refractivity contribution in [1.82, 2.24) is 4.90 Å². The van der Waals surface area contributed by atoms with E-state index in [4.69, 9.17) is 0 Å². The van der Waals surface area contributed by atoms with E-state index in [0.29, 0.717) is 0 Å². The van der Waals surface area contributed by atoms with Crippen molar-refractivity contribution in [1.29, 1.82) is 0 Å². The fraction of sp³-hybridized carbons (Fsp3) is 0.875. The molecule has 0 saturated carbocycles. The van der Waals surface area contributed by atoms with Gasteiger partial charge in [-0.1, -0.05) is 13.8 Å². The predicted octanol–water partition coefficient (Wildman–Crippen LogP) is 1.50. The molecule has 5 heteroatoms. The Morgan fingerprint density at radius 3 is 2.00 bits per heavy atom. The summed E-state index contributed by atoms with van der Waals surface area (Å²) in [5.74, 6) is 0. The molecule has 0 aromatic rings. The fourth-order valence-corrected chi connectivity index (χ4v) is 1.00. The van der Waals surface area contributed by atoms with Crippen LogP contribution in [0.4, 0.5) is 13.2 Å². The Balaban J connectivity index is 4.20. The molecule has 0 bridgehead atoms. The van der Waals surface area contributed by atoms with Crippen LogP contribution >= 0.6 is 0 Å². The van der Waals surface area contributed by atoms with Crippen LogP contribution in [0.25, 0.3) is 0 Å². The molecule has 0 aliphatic rings. The highest BCUT2D eigenvalue weighted by molar-refractivity contribution is 5.56.